The summed E-state index contributed by atoms with van der Waals surface area (Å²) < 4.78 is 16.9. The monoisotopic (exact) mass is 1120 g/mol. The van der Waals surface area contributed by atoms with Crippen molar-refractivity contribution in [2.45, 2.75) is 309 Å². The number of unbranched alkanes of at least 4 members (excludes halogenated alkanes) is 27. The average Bonchev–Trinajstić information content (AvgIpc) is 3.47. The van der Waals surface area contributed by atoms with Crippen LogP contribution in [0.15, 0.2) is 134 Å². The van der Waals surface area contributed by atoms with Crippen molar-refractivity contribution >= 4 is 17.9 Å². The molecule has 0 saturated carbocycles. The SMILES string of the molecule is CC/C=C\C/C=C\C/C=C\C/C=C\C/C=C\C/C=C\C/C=C\C/C=C\CCCCCCCCCCC(=O)OCC(COC(=O)CCCCCCC/C=C\CCCC)OC(=O)CCCCCCCCCCC/C=C\C/C=C\CCCCC. The molecule has 0 aromatic rings. The van der Waals surface area contributed by atoms with Crippen molar-refractivity contribution in [3.05, 3.63) is 134 Å². The number of hydrogen-bond acceptors (Lipinski definition) is 6. The molecule has 1 atom stereocenters. The lowest BCUT2D eigenvalue weighted by Gasteiger charge is -2.18. The molecule has 0 bridgehead atoms. The number of hydrogen-bond donors (Lipinski definition) is 0. The van der Waals surface area contributed by atoms with E-state index >= 15 is 0 Å². The Kier molecular flexibility index (Phi) is 64.3. The summed E-state index contributed by atoms with van der Waals surface area (Å²) >= 11 is 0. The minimum Gasteiger partial charge on any atom is -0.462 e. The van der Waals surface area contributed by atoms with Crippen molar-refractivity contribution in [3.8, 4) is 0 Å². The molecule has 0 aromatic heterocycles. The molecule has 0 heterocycles. The normalized spacial score (nSPS) is 13.0. The van der Waals surface area contributed by atoms with Crippen LogP contribution in [0.2, 0.25) is 0 Å². The van der Waals surface area contributed by atoms with Crippen LogP contribution >= 0.6 is 0 Å². The van der Waals surface area contributed by atoms with Crippen molar-refractivity contribution in [2.75, 3.05) is 13.2 Å². The highest BCUT2D eigenvalue weighted by Gasteiger charge is 2.19. The Morgan fingerprint density at radius 1 is 0.259 bits per heavy atom. The summed E-state index contributed by atoms with van der Waals surface area (Å²) in [6, 6.07) is 0. The van der Waals surface area contributed by atoms with Gasteiger partial charge in [0.05, 0.1) is 0 Å². The number of ether oxygens (including phenoxy) is 3. The Morgan fingerprint density at radius 2 is 0.494 bits per heavy atom. The molecule has 0 amide bonds. The first-order chi connectivity index (χ1) is 40.0. The largest absolute Gasteiger partial charge is 0.462 e. The van der Waals surface area contributed by atoms with E-state index in [-0.39, 0.29) is 31.1 Å². The lowest BCUT2D eigenvalue weighted by molar-refractivity contribution is -0.167. The van der Waals surface area contributed by atoms with Crippen LogP contribution in [0.1, 0.15) is 303 Å². The van der Waals surface area contributed by atoms with Gasteiger partial charge in [-0.3, -0.25) is 14.4 Å². The maximum atomic E-state index is 12.9. The molecule has 0 fully saturated rings. The van der Waals surface area contributed by atoms with Gasteiger partial charge in [-0.05, 0) is 135 Å². The van der Waals surface area contributed by atoms with Gasteiger partial charge in [0.25, 0.3) is 0 Å². The van der Waals surface area contributed by atoms with E-state index in [0.29, 0.717) is 19.3 Å². The van der Waals surface area contributed by atoms with Crippen LogP contribution in [0.25, 0.3) is 0 Å². The second kappa shape index (κ2) is 68.1. The van der Waals surface area contributed by atoms with E-state index in [1.165, 1.54) is 135 Å². The molecule has 0 aromatic carbocycles. The van der Waals surface area contributed by atoms with E-state index in [1.54, 1.807) is 0 Å². The topological polar surface area (TPSA) is 78.9 Å². The molecule has 0 spiro atoms. The zero-order chi connectivity index (χ0) is 58.5. The molecule has 81 heavy (non-hydrogen) atoms. The fraction of sp³-hybridized carbons (Fsp3) is 0.667. The Balaban J connectivity index is 4.27. The van der Waals surface area contributed by atoms with Crippen LogP contribution in [0.5, 0.6) is 0 Å². The first-order valence-electron chi connectivity index (χ1n) is 33.7. The van der Waals surface area contributed by atoms with Gasteiger partial charge in [-0.25, -0.2) is 0 Å². The maximum absolute atomic E-state index is 12.9. The summed E-state index contributed by atoms with van der Waals surface area (Å²) in [5.41, 5.74) is 0. The fourth-order valence-electron chi connectivity index (χ4n) is 9.06. The third kappa shape index (κ3) is 66.2. The van der Waals surface area contributed by atoms with Gasteiger partial charge in [0.1, 0.15) is 13.2 Å². The molecule has 0 rings (SSSR count). The Bertz CT molecular complexity index is 1720. The van der Waals surface area contributed by atoms with E-state index in [1.807, 2.05) is 0 Å². The molecule has 0 radical (unpaired) electrons. The molecule has 460 valence electrons. The van der Waals surface area contributed by atoms with Crippen LogP contribution in [0.4, 0.5) is 0 Å². The Labute approximate surface area is 500 Å². The smallest absolute Gasteiger partial charge is 0.306 e. The second-order valence-corrected chi connectivity index (χ2v) is 22.0. The Hall–Kier alpha value is -4.45. The highest BCUT2D eigenvalue weighted by atomic mass is 16.6. The minimum atomic E-state index is -0.791. The van der Waals surface area contributed by atoms with Gasteiger partial charge in [-0.2, -0.15) is 0 Å². The number of allylic oxidation sites excluding steroid dienone is 22. The van der Waals surface area contributed by atoms with Gasteiger partial charge in [-0.1, -0.05) is 283 Å². The predicted molar refractivity (Wildman–Crippen MR) is 353 cm³/mol. The summed E-state index contributed by atoms with van der Waals surface area (Å²) in [5, 5.41) is 0. The van der Waals surface area contributed by atoms with E-state index in [9.17, 15) is 14.4 Å². The predicted octanol–water partition coefficient (Wildman–Crippen LogP) is 23.3. The van der Waals surface area contributed by atoms with Crippen molar-refractivity contribution < 1.29 is 28.6 Å². The first-order valence-corrected chi connectivity index (χ1v) is 33.7. The molecule has 1 unspecified atom stereocenters. The van der Waals surface area contributed by atoms with Crippen LogP contribution in [-0.4, -0.2) is 37.2 Å². The molecular weight excluding hydrogens is 997 g/mol. The molecule has 0 aliphatic rings. The summed E-state index contributed by atoms with van der Waals surface area (Å²) in [7, 11) is 0. The van der Waals surface area contributed by atoms with E-state index in [0.717, 1.165) is 128 Å². The summed E-state index contributed by atoms with van der Waals surface area (Å²) in [6.45, 7) is 6.46. The lowest BCUT2D eigenvalue weighted by atomic mass is 10.1. The average molecular weight is 1120 g/mol. The van der Waals surface area contributed by atoms with Crippen LogP contribution in [0.3, 0.4) is 0 Å². The molecular formula is C75H124O6. The fourth-order valence-corrected chi connectivity index (χ4v) is 9.06. The zero-order valence-corrected chi connectivity index (χ0v) is 52.8. The first kappa shape index (κ1) is 76.5. The van der Waals surface area contributed by atoms with Crippen LogP contribution in [-0.2, 0) is 28.6 Å². The lowest BCUT2D eigenvalue weighted by Crippen LogP contribution is -2.30. The zero-order valence-electron chi connectivity index (χ0n) is 52.8. The minimum absolute atomic E-state index is 0.0883. The molecule has 0 saturated heterocycles. The highest BCUT2D eigenvalue weighted by Crippen LogP contribution is 2.15. The van der Waals surface area contributed by atoms with Gasteiger partial charge in [0.15, 0.2) is 6.10 Å². The number of carbonyl (C=O) groups excluding carboxylic acids is 3. The third-order valence-corrected chi connectivity index (χ3v) is 14.1. The van der Waals surface area contributed by atoms with Gasteiger partial charge < -0.3 is 14.2 Å². The van der Waals surface area contributed by atoms with E-state index in [2.05, 4.69) is 154 Å². The summed E-state index contributed by atoms with van der Waals surface area (Å²) in [6.07, 6.45) is 96.1. The van der Waals surface area contributed by atoms with Crippen LogP contribution < -0.4 is 0 Å². The van der Waals surface area contributed by atoms with Crippen molar-refractivity contribution in [1.29, 1.82) is 0 Å². The summed E-state index contributed by atoms with van der Waals surface area (Å²) in [5.74, 6) is -0.906. The number of rotatable bonds is 60. The number of carbonyl (C=O) groups is 3. The van der Waals surface area contributed by atoms with Crippen molar-refractivity contribution in [2.24, 2.45) is 0 Å². The highest BCUT2D eigenvalue weighted by molar-refractivity contribution is 5.71. The standard InChI is InChI=1S/C75H124O6/c1-4-7-10-13-16-19-22-24-26-28-30-31-32-33-34-35-36-37-38-39-40-41-42-43-45-46-48-50-53-56-59-62-65-68-74(77)80-71-72(70-79-73(76)67-64-61-58-55-52-21-18-15-12-9-6-3)81-75(78)69-66-63-60-57-54-51-49-47-44-29-27-25-23-20-17-14-11-8-5-2/h7,10,15-20,24-27,30-31,33-34,36-37,39-40,42-43,72H,4-6,8-9,11-14,21-23,28-29,32,35,38,41,44-71H2,1-3H3/b10-7-,18-15-,19-16-,20-17-,26-24-,27-25-,31-30-,34-33-,37-36-,40-39-,43-42-. The van der Waals surface area contributed by atoms with Crippen molar-refractivity contribution in [3.63, 3.8) is 0 Å². The van der Waals surface area contributed by atoms with Crippen molar-refractivity contribution in [1.82, 2.24) is 0 Å². The maximum Gasteiger partial charge on any atom is 0.306 e. The van der Waals surface area contributed by atoms with E-state index in [4.69, 9.17) is 14.2 Å². The van der Waals surface area contributed by atoms with Crippen LogP contribution in [0, 0.1) is 0 Å². The summed E-state index contributed by atoms with van der Waals surface area (Å²) in [4.78, 5) is 38.3. The molecule has 0 aliphatic carbocycles. The quantitative estimate of drug-likeness (QED) is 0.0261. The molecule has 6 nitrogen and oxygen atoms in total. The van der Waals surface area contributed by atoms with Gasteiger partial charge >= 0.3 is 17.9 Å². The van der Waals surface area contributed by atoms with Gasteiger partial charge in [0.2, 0.25) is 0 Å². The van der Waals surface area contributed by atoms with E-state index < -0.39 is 6.10 Å². The Morgan fingerprint density at radius 3 is 0.802 bits per heavy atom. The molecule has 6 heteroatoms. The number of esters is 3. The van der Waals surface area contributed by atoms with Gasteiger partial charge in [-0.15, -0.1) is 0 Å². The third-order valence-electron chi connectivity index (χ3n) is 14.1. The second-order valence-electron chi connectivity index (χ2n) is 22.0. The van der Waals surface area contributed by atoms with Gasteiger partial charge in [0, 0.05) is 19.3 Å². The molecule has 0 aliphatic heterocycles. The molecule has 0 N–H and O–H groups in total.